The van der Waals surface area contributed by atoms with Crippen LogP contribution in [0.1, 0.15) is 29.3 Å². The smallest absolute Gasteiger partial charge is 0.269 e. The van der Waals surface area contributed by atoms with E-state index < -0.39 is 4.92 Å². The number of non-ortho nitro benzene ring substituents is 1. The largest absolute Gasteiger partial charge is 0.487 e. The first-order chi connectivity index (χ1) is 13.8. The first-order valence-corrected chi connectivity index (χ1v) is 9.84. The van der Waals surface area contributed by atoms with Crippen molar-refractivity contribution in [2.75, 3.05) is 4.90 Å². The van der Waals surface area contributed by atoms with Crippen molar-refractivity contribution in [2.45, 2.75) is 34.3 Å². The van der Waals surface area contributed by atoms with Gasteiger partial charge in [0.05, 0.1) is 16.3 Å². The summed E-state index contributed by atoms with van der Waals surface area (Å²) in [5, 5.41) is 13.1. The van der Waals surface area contributed by atoms with Gasteiger partial charge in [0.25, 0.3) is 5.69 Å². The lowest BCUT2D eigenvalue weighted by Crippen LogP contribution is -2.24. The number of ether oxygens (including phenoxy) is 1. The topological polar surface area (TPSA) is 85.6 Å². The molecule has 7 nitrogen and oxygen atoms in total. The quantitative estimate of drug-likeness (QED) is 0.409. The summed E-state index contributed by atoms with van der Waals surface area (Å²) in [6.45, 7) is 7.72. The van der Waals surface area contributed by atoms with E-state index in [4.69, 9.17) is 4.74 Å². The SMILES string of the molecule is CC(=O)N(c1nc(COc2ccc([N+](=O)[O-])cc2)cs1)c1c(C)cc(C)cc1C. The minimum atomic E-state index is -0.456. The molecule has 3 rings (SSSR count). The molecule has 1 amide bonds. The number of amides is 1. The first-order valence-electron chi connectivity index (χ1n) is 8.96. The summed E-state index contributed by atoms with van der Waals surface area (Å²) in [5.41, 5.74) is 4.70. The van der Waals surface area contributed by atoms with Crippen LogP contribution in [0.4, 0.5) is 16.5 Å². The molecule has 0 saturated heterocycles. The minimum Gasteiger partial charge on any atom is -0.487 e. The predicted molar refractivity (Wildman–Crippen MR) is 113 cm³/mol. The van der Waals surface area contributed by atoms with E-state index in [-0.39, 0.29) is 18.2 Å². The number of nitro benzene ring substituents is 1. The fourth-order valence-electron chi connectivity index (χ4n) is 3.20. The zero-order valence-corrected chi connectivity index (χ0v) is 17.4. The molecule has 0 spiro atoms. The molecule has 8 heteroatoms. The molecule has 0 radical (unpaired) electrons. The van der Waals surface area contributed by atoms with Gasteiger partial charge in [-0.15, -0.1) is 11.3 Å². The third kappa shape index (κ3) is 4.60. The lowest BCUT2D eigenvalue weighted by molar-refractivity contribution is -0.384. The van der Waals surface area contributed by atoms with Gasteiger partial charge in [0.15, 0.2) is 5.13 Å². The molecule has 0 saturated carbocycles. The van der Waals surface area contributed by atoms with Crippen molar-refractivity contribution < 1.29 is 14.5 Å². The van der Waals surface area contributed by atoms with Crippen LogP contribution in [-0.2, 0) is 11.4 Å². The molecule has 29 heavy (non-hydrogen) atoms. The van der Waals surface area contributed by atoms with Crippen molar-refractivity contribution in [1.29, 1.82) is 0 Å². The van der Waals surface area contributed by atoms with Crippen LogP contribution in [-0.4, -0.2) is 15.8 Å². The molecule has 1 heterocycles. The number of rotatable bonds is 6. The second-order valence-corrected chi connectivity index (χ2v) is 7.60. The van der Waals surface area contributed by atoms with Crippen molar-refractivity contribution in [3.63, 3.8) is 0 Å². The summed E-state index contributed by atoms with van der Waals surface area (Å²) in [6, 6.07) is 9.97. The predicted octanol–water partition coefficient (Wildman–Crippen LogP) is 5.24. The third-order valence-corrected chi connectivity index (χ3v) is 5.21. The van der Waals surface area contributed by atoms with Gasteiger partial charge in [-0.3, -0.25) is 19.8 Å². The number of anilines is 2. The van der Waals surface area contributed by atoms with E-state index in [0.717, 1.165) is 22.4 Å². The van der Waals surface area contributed by atoms with Crippen molar-refractivity contribution in [1.82, 2.24) is 4.98 Å². The van der Waals surface area contributed by atoms with Gasteiger partial charge in [-0.1, -0.05) is 17.7 Å². The number of hydrogen-bond acceptors (Lipinski definition) is 6. The van der Waals surface area contributed by atoms with Crippen LogP contribution < -0.4 is 9.64 Å². The van der Waals surface area contributed by atoms with E-state index in [2.05, 4.69) is 4.98 Å². The number of nitro groups is 1. The Morgan fingerprint density at radius 1 is 1.17 bits per heavy atom. The maximum absolute atomic E-state index is 12.4. The molecule has 0 aliphatic carbocycles. The van der Waals surface area contributed by atoms with Crippen molar-refractivity contribution in [3.8, 4) is 5.75 Å². The van der Waals surface area contributed by atoms with Crippen LogP contribution in [0.5, 0.6) is 5.75 Å². The zero-order chi connectivity index (χ0) is 21.1. The fourth-order valence-corrected chi connectivity index (χ4v) is 4.06. The van der Waals surface area contributed by atoms with Gasteiger partial charge >= 0.3 is 0 Å². The van der Waals surface area contributed by atoms with Crippen molar-refractivity contribution in [2.24, 2.45) is 0 Å². The van der Waals surface area contributed by atoms with E-state index in [1.54, 1.807) is 17.0 Å². The Morgan fingerprint density at radius 2 is 1.79 bits per heavy atom. The summed E-state index contributed by atoms with van der Waals surface area (Å²) in [7, 11) is 0. The molecule has 150 valence electrons. The maximum Gasteiger partial charge on any atom is 0.269 e. The van der Waals surface area contributed by atoms with E-state index in [0.29, 0.717) is 16.6 Å². The van der Waals surface area contributed by atoms with Gasteiger partial charge in [-0.05, 0) is 44.0 Å². The Bertz CT molecular complexity index is 1040. The Morgan fingerprint density at radius 3 is 2.34 bits per heavy atom. The monoisotopic (exact) mass is 411 g/mol. The molecule has 0 fully saturated rings. The number of carbonyl (C=O) groups excluding carboxylic acids is 1. The average molecular weight is 411 g/mol. The molecular weight excluding hydrogens is 390 g/mol. The minimum absolute atomic E-state index is 0.00855. The lowest BCUT2D eigenvalue weighted by atomic mass is 10.0. The first kappa shape index (κ1) is 20.5. The second-order valence-electron chi connectivity index (χ2n) is 6.76. The summed E-state index contributed by atoms with van der Waals surface area (Å²) in [5.74, 6) is 0.399. The van der Waals surface area contributed by atoms with Crippen molar-refractivity contribution in [3.05, 3.63) is 74.3 Å². The van der Waals surface area contributed by atoms with Gasteiger partial charge in [0.2, 0.25) is 5.91 Å². The Balaban J connectivity index is 1.80. The summed E-state index contributed by atoms with van der Waals surface area (Å²) in [6.07, 6.45) is 0. The van der Waals surface area contributed by atoms with E-state index in [1.165, 1.54) is 30.4 Å². The molecule has 0 aliphatic heterocycles. The third-order valence-electron chi connectivity index (χ3n) is 4.34. The zero-order valence-electron chi connectivity index (χ0n) is 16.6. The van der Waals surface area contributed by atoms with Crippen LogP contribution in [0.25, 0.3) is 0 Å². The average Bonchev–Trinajstić information content (AvgIpc) is 3.11. The van der Waals surface area contributed by atoms with Gasteiger partial charge in [0.1, 0.15) is 12.4 Å². The summed E-state index contributed by atoms with van der Waals surface area (Å²) >= 11 is 1.37. The van der Waals surface area contributed by atoms with Gasteiger partial charge < -0.3 is 4.74 Å². The summed E-state index contributed by atoms with van der Waals surface area (Å²) < 4.78 is 5.67. The number of carbonyl (C=O) groups is 1. The standard InChI is InChI=1S/C21H21N3O4S/c1-13-9-14(2)20(15(3)10-13)23(16(4)25)21-22-17(12-29-21)11-28-19-7-5-18(6-8-19)24(26)27/h5-10,12H,11H2,1-4H3. The van der Waals surface area contributed by atoms with Crippen LogP contribution >= 0.6 is 11.3 Å². The van der Waals surface area contributed by atoms with E-state index in [1.807, 2.05) is 38.3 Å². The highest BCUT2D eigenvalue weighted by atomic mass is 32.1. The van der Waals surface area contributed by atoms with E-state index >= 15 is 0 Å². The van der Waals surface area contributed by atoms with Crippen LogP contribution in [0.15, 0.2) is 41.8 Å². The van der Waals surface area contributed by atoms with Gasteiger partial charge in [0, 0.05) is 24.4 Å². The highest BCUT2D eigenvalue weighted by Crippen LogP contribution is 2.34. The van der Waals surface area contributed by atoms with E-state index in [9.17, 15) is 14.9 Å². The normalized spacial score (nSPS) is 10.6. The highest BCUT2D eigenvalue weighted by Gasteiger charge is 2.22. The molecule has 0 N–H and O–H groups in total. The molecular formula is C21H21N3O4S. The number of aryl methyl sites for hydroxylation is 3. The number of aromatic nitrogens is 1. The van der Waals surface area contributed by atoms with Crippen LogP contribution in [0.3, 0.4) is 0 Å². The van der Waals surface area contributed by atoms with Gasteiger partial charge in [-0.2, -0.15) is 0 Å². The van der Waals surface area contributed by atoms with Crippen molar-refractivity contribution >= 4 is 33.8 Å². The van der Waals surface area contributed by atoms with Crippen LogP contribution in [0.2, 0.25) is 0 Å². The second kappa shape index (κ2) is 8.40. The molecule has 0 bridgehead atoms. The maximum atomic E-state index is 12.4. The molecule has 0 unspecified atom stereocenters. The number of nitrogens with zero attached hydrogens (tertiary/aromatic N) is 3. The molecule has 0 aliphatic rings. The molecule has 3 aromatic rings. The molecule has 1 aromatic heterocycles. The highest BCUT2D eigenvalue weighted by molar-refractivity contribution is 7.14. The number of benzene rings is 2. The Kier molecular flexibility index (Phi) is 5.93. The van der Waals surface area contributed by atoms with Crippen LogP contribution in [0, 0.1) is 30.9 Å². The molecule has 2 aromatic carbocycles. The Labute approximate surface area is 172 Å². The number of thiazole rings is 1. The fraction of sp³-hybridized carbons (Fsp3) is 0.238. The lowest BCUT2D eigenvalue weighted by Gasteiger charge is -2.23. The molecule has 0 atom stereocenters. The number of hydrogen-bond donors (Lipinski definition) is 0. The van der Waals surface area contributed by atoms with Gasteiger partial charge in [-0.25, -0.2) is 4.98 Å². The Hall–Kier alpha value is -3.26. The summed E-state index contributed by atoms with van der Waals surface area (Å²) in [4.78, 5) is 28.9.